The Morgan fingerprint density at radius 3 is 3.12 bits per heavy atom. The summed E-state index contributed by atoms with van der Waals surface area (Å²) in [6, 6.07) is 3.34. The second kappa shape index (κ2) is 6.79. The summed E-state index contributed by atoms with van der Waals surface area (Å²) < 4.78 is 5.20. The van der Waals surface area contributed by atoms with Crippen molar-refractivity contribution in [3.8, 4) is 0 Å². The molecule has 1 aromatic rings. The number of amides is 1. The minimum Gasteiger partial charge on any atom is -0.382 e. The lowest BCUT2D eigenvalue weighted by molar-refractivity contribution is 0.100. The van der Waals surface area contributed by atoms with Gasteiger partial charge in [0.1, 0.15) is 5.82 Å². The van der Waals surface area contributed by atoms with Crippen molar-refractivity contribution >= 4 is 11.7 Å². The van der Waals surface area contributed by atoms with E-state index < -0.39 is 5.91 Å². The van der Waals surface area contributed by atoms with E-state index in [4.69, 9.17) is 10.5 Å². The molecule has 0 bridgehead atoms. The normalized spacial score (nSPS) is 10.1. The highest BCUT2D eigenvalue weighted by atomic mass is 16.5. The molecule has 1 amide bonds. The summed E-state index contributed by atoms with van der Waals surface area (Å²) in [5.74, 6) is 0.0620. The van der Waals surface area contributed by atoms with E-state index in [0.717, 1.165) is 13.0 Å². The van der Waals surface area contributed by atoms with Crippen molar-refractivity contribution in [1.82, 2.24) is 4.98 Å². The van der Waals surface area contributed by atoms with Crippen molar-refractivity contribution in [2.75, 3.05) is 25.1 Å². The van der Waals surface area contributed by atoms with E-state index in [2.05, 4.69) is 10.3 Å². The van der Waals surface area contributed by atoms with Crippen LogP contribution < -0.4 is 11.1 Å². The number of carbonyl (C=O) groups excluding carboxylic acids is 1. The number of nitrogens with zero attached hydrogens (tertiary/aromatic N) is 1. The predicted octanol–water partition coefficient (Wildman–Crippen LogP) is 1.02. The number of nitrogens with two attached hydrogens (primary N) is 1. The van der Waals surface area contributed by atoms with Gasteiger partial charge in [-0.15, -0.1) is 0 Å². The highest BCUT2D eigenvalue weighted by Crippen LogP contribution is 2.09. The van der Waals surface area contributed by atoms with Crippen LogP contribution in [0.2, 0.25) is 0 Å². The molecule has 0 saturated carbocycles. The van der Waals surface area contributed by atoms with E-state index in [9.17, 15) is 4.79 Å². The Morgan fingerprint density at radius 1 is 1.62 bits per heavy atom. The standard InChI is InChI=1S/C11H17N3O2/c1-2-16-8-4-7-14-11-9(10(12)15)5-3-6-13-11/h3,5-6H,2,4,7-8H2,1H3,(H2,12,15)(H,13,14). The summed E-state index contributed by atoms with van der Waals surface area (Å²) in [6.07, 6.45) is 2.49. The number of carbonyl (C=O) groups is 1. The average molecular weight is 223 g/mol. The van der Waals surface area contributed by atoms with Crippen molar-refractivity contribution in [1.29, 1.82) is 0 Å². The van der Waals surface area contributed by atoms with Crippen LogP contribution >= 0.6 is 0 Å². The number of anilines is 1. The molecule has 5 nitrogen and oxygen atoms in total. The molecule has 0 fully saturated rings. The van der Waals surface area contributed by atoms with Gasteiger partial charge in [0, 0.05) is 26.0 Å². The summed E-state index contributed by atoms with van der Waals surface area (Å²) in [7, 11) is 0. The predicted molar refractivity (Wildman–Crippen MR) is 62.4 cm³/mol. The second-order valence-corrected chi connectivity index (χ2v) is 3.24. The van der Waals surface area contributed by atoms with Gasteiger partial charge < -0.3 is 15.8 Å². The van der Waals surface area contributed by atoms with Gasteiger partial charge in [-0.05, 0) is 25.5 Å². The molecule has 0 aliphatic rings. The third-order valence-corrected chi connectivity index (χ3v) is 2.04. The average Bonchev–Trinajstić information content (AvgIpc) is 2.29. The van der Waals surface area contributed by atoms with Gasteiger partial charge in [0.15, 0.2) is 0 Å². The zero-order valence-corrected chi connectivity index (χ0v) is 9.40. The van der Waals surface area contributed by atoms with E-state index in [1.807, 2.05) is 6.92 Å². The van der Waals surface area contributed by atoms with E-state index in [-0.39, 0.29) is 0 Å². The summed E-state index contributed by atoms with van der Waals surface area (Å²) in [5, 5.41) is 3.06. The number of aromatic nitrogens is 1. The van der Waals surface area contributed by atoms with Crippen LogP contribution in [0.1, 0.15) is 23.7 Å². The van der Waals surface area contributed by atoms with Gasteiger partial charge in [-0.2, -0.15) is 0 Å². The van der Waals surface area contributed by atoms with Crippen LogP contribution in [0.25, 0.3) is 0 Å². The van der Waals surface area contributed by atoms with Crippen molar-refractivity contribution in [2.45, 2.75) is 13.3 Å². The number of ether oxygens (including phenoxy) is 1. The summed E-state index contributed by atoms with van der Waals surface area (Å²) in [4.78, 5) is 15.1. The molecule has 16 heavy (non-hydrogen) atoms. The molecular formula is C11H17N3O2. The molecule has 0 unspecified atom stereocenters. The minimum atomic E-state index is -0.472. The van der Waals surface area contributed by atoms with Crippen molar-refractivity contribution in [3.63, 3.8) is 0 Å². The Bertz CT molecular complexity index is 342. The number of primary amides is 1. The molecular weight excluding hydrogens is 206 g/mol. The fourth-order valence-electron chi connectivity index (χ4n) is 1.27. The first-order valence-corrected chi connectivity index (χ1v) is 5.32. The molecule has 0 atom stereocenters. The van der Waals surface area contributed by atoms with Gasteiger partial charge in [0.25, 0.3) is 5.91 Å². The Kier molecular flexibility index (Phi) is 5.28. The van der Waals surface area contributed by atoms with Crippen LogP contribution in [0.5, 0.6) is 0 Å². The van der Waals surface area contributed by atoms with E-state index >= 15 is 0 Å². The van der Waals surface area contributed by atoms with E-state index in [1.54, 1.807) is 18.3 Å². The molecule has 1 heterocycles. The van der Waals surface area contributed by atoms with Crippen LogP contribution in [-0.2, 0) is 4.74 Å². The van der Waals surface area contributed by atoms with Gasteiger partial charge in [-0.1, -0.05) is 0 Å². The fourth-order valence-corrected chi connectivity index (χ4v) is 1.27. The molecule has 3 N–H and O–H groups in total. The topological polar surface area (TPSA) is 77.2 Å². The van der Waals surface area contributed by atoms with Gasteiger partial charge in [-0.3, -0.25) is 4.79 Å². The Morgan fingerprint density at radius 2 is 2.44 bits per heavy atom. The molecule has 0 aliphatic carbocycles. The molecule has 0 aliphatic heterocycles. The third-order valence-electron chi connectivity index (χ3n) is 2.04. The second-order valence-electron chi connectivity index (χ2n) is 3.24. The maximum atomic E-state index is 11.1. The van der Waals surface area contributed by atoms with Gasteiger partial charge in [0.05, 0.1) is 5.56 Å². The van der Waals surface area contributed by atoms with Gasteiger partial charge in [-0.25, -0.2) is 4.98 Å². The molecule has 0 spiro atoms. The van der Waals surface area contributed by atoms with Crippen LogP contribution in [0.3, 0.4) is 0 Å². The summed E-state index contributed by atoms with van der Waals surface area (Å²) in [5.41, 5.74) is 5.64. The van der Waals surface area contributed by atoms with Gasteiger partial charge in [0.2, 0.25) is 0 Å². The third kappa shape index (κ3) is 3.86. The highest BCUT2D eigenvalue weighted by molar-refractivity contribution is 5.97. The Labute approximate surface area is 95.0 Å². The zero-order chi connectivity index (χ0) is 11.8. The smallest absolute Gasteiger partial charge is 0.252 e. The lowest BCUT2D eigenvalue weighted by Gasteiger charge is -2.08. The number of hydrogen-bond donors (Lipinski definition) is 2. The first-order chi connectivity index (χ1) is 7.75. The van der Waals surface area contributed by atoms with Gasteiger partial charge >= 0.3 is 0 Å². The number of nitrogens with one attached hydrogen (secondary N) is 1. The lowest BCUT2D eigenvalue weighted by atomic mass is 10.2. The summed E-state index contributed by atoms with van der Waals surface area (Å²) in [6.45, 7) is 4.08. The van der Waals surface area contributed by atoms with Crippen molar-refractivity contribution in [3.05, 3.63) is 23.9 Å². The SMILES string of the molecule is CCOCCCNc1ncccc1C(N)=O. The molecule has 0 radical (unpaired) electrons. The van der Waals surface area contributed by atoms with Crippen molar-refractivity contribution in [2.24, 2.45) is 5.73 Å². The molecule has 88 valence electrons. The first kappa shape index (κ1) is 12.4. The molecule has 0 aromatic carbocycles. The number of hydrogen-bond acceptors (Lipinski definition) is 4. The van der Waals surface area contributed by atoms with Crippen LogP contribution in [0, 0.1) is 0 Å². The first-order valence-electron chi connectivity index (χ1n) is 5.32. The Balaban J connectivity index is 2.44. The quantitative estimate of drug-likeness (QED) is 0.676. The zero-order valence-electron chi connectivity index (χ0n) is 9.40. The van der Waals surface area contributed by atoms with Crippen molar-refractivity contribution < 1.29 is 9.53 Å². The number of rotatable bonds is 7. The maximum Gasteiger partial charge on any atom is 0.252 e. The lowest BCUT2D eigenvalue weighted by Crippen LogP contribution is -2.16. The fraction of sp³-hybridized carbons (Fsp3) is 0.455. The van der Waals surface area contributed by atoms with E-state index in [1.165, 1.54) is 0 Å². The monoisotopic (exact) mass is 223 g/mol. The Hall–Kier alpha value is -1.62. The van der Waals surface area contributed by atoms with Crippen LogP contribution in [0.15, 0.2) is 18.3 Å². The highest BCUT2D eigenvalue weighted by Gasteiger charge is 2.07. The van der Waals surface area contributed by atoms with E-state index in [0.29, 0.717) is 24.5 Å². The molecule has 0 saturated heterocycles. The minimum absolute atomic E-state index is 0.416. The molecule has 1 rings (SSSR count). The van der Waals surface area contributed by atoms with Crippen LogP contribution in [-0.4, -0.2) is 30.6 Å². The largest absolute Gasteiger partial charge is 0.382 e. The maximum absolute atomic E-state index is 11.1. The molecule has 5 heteroatoms. The van der Waals surface area contributed by atoms with Crippen LogP contribution in [0.4, 0.5) is 5.82 Å². The summed E-state index contributed by atoms with van der Waals surface area (Å²) >= 11 is 0. The molecule has 1 aromatic heterocycles. The number of pyridine rings is 1.